The van der Waals surface area contributed by atoms with Crippen molar-refractivity contribution in [3.63, 3.8) is 0 Å². The predicted octanol–water partition coefficient (Wildman–Crippen LogP) is 1.69. The minimum Gasteiger partial charge on any atom is -0.404 e. The SMILES string of the molecule is O=P(O)(O)OC1=CCc2ccccc21. The maximum Gasteiger partial charge on any atom is 0.524 e. The highest BCUT2D eigenvalue weighted by atomic mass is 31.2. The average molecular weight is 212 g/mol. The van der Waals surface area contributed by atoms with Crippen LogP contribution in [0.15, 0.2) is 30.3 Å². The van der Waals surface area contributed by atoms with Crippen molar-refractivity contribution in [3.8, 4) is 0 Å². The van der Waals surface area contributed by atoms with Crippen molar-refractivity contribution < 1.29 is 18.9 Å². The van der Waals surface area contributed by atoms with Gasteiger partial charge in [-0.15, -0.1) is 0 Å². The Hall–Kier alpha value is -1.09. The molecule has 0 saturated heterocycles. The Morgan fingerprint density at radius 3 is 2.71 bits per heavy atom. The molecule has 2 rings (SSSR count). The van der Waals surface area contributed by atoms with E-state index in [9.17, 15) is 4.57 Å². The van der Waals surface area contributed by atoms with Crippen LogP contribution in [-0.2, 0) is 15.5 Å². The van der Waals surface area contributed by atoms with Crippen LogP contribution in [0.3, 0.4) is 0 Å². The van der Waals surface area contributed by atoms with Crippen LogP contribution in [0.1, 0.15) is 11.1 Å². The molecule has 1 aromatic carbocycles. The zero-order valence-electron chi connectivity index (χ0n) is 7.25. The van der Waals surface area contributed by atoms with Crippen LogP contribution in [0, 0.1) is 0 Å². The molecule has 0 radical (unpaired) electrons. The minimum atomic E-state index is -4.44. The summed E-state index contributed by atoms with van der Waals surface area (Å²) in [5.41, 5.74) is 1.78. The van der Waals surface area contributed by atoms with E-state index < -0.39 is 7.82 Å². The molecule has 1 aliphatic carbocycles. The van der Waals surface area contributed by atoms with Gasteiger partial charge in [-0.2, -0.15) is 0 Å². The molecule has 0 spiro atoms. The van der Waals surface area contributed by atoms with Gasteiger partial charge in [-0.1, -0.05) is 24.3 Å². The van der Waals surface area contributed by atoms with E-state index in [1.54, 1.807) is 18.2 Å². The van der Waals surface area contributed by atoms with Gasteiger partial charge in [-0.25, -0.2) is 4.57 Å². The van der Waals surface area contributed by atoms with Gasteiger partial charge in [0.15, 0.2) is 0 Å². The fourth-order valence-electron chi connectivity index (χ4n) is 1.47. The van der Waals surface area contributed by atoms with Crippen molar-refractivity contribution in [2.24, 2.45) is 0 Å². The molecule has 0 amide bonds. The summed E-state index contributed by atoms with van der Waals surface area (Å²) in [5.74, 6) is 0.272. The summed E-state index contributed by atoms with van der Waals surface area (Å²) in [4.78, 5) is 17.3. The van der Waals surface area contributed by atoms with Crippen molar-refractivity contribution in [2.45, 2.75) is 6.42 Å². The topological polar surface area (TPSA) is 66.8 Å². The maximum absolute atomic E-state index is 10.6. The Bertz CT molecular complexity index is 432. The van der Waals surface area contributed by atoms with Gasteiger partial charge in [-0.3, -0.25) is 9.79 Å². The van der Waals surface area contributed by atoms with E-state index in [2.05, 4.69) is 4.52 Å². The summed E-state index contributed by atoms with van der Waals surface area (Å²) < 4.78 is 15.2. The van der Waals surface area contributed by atoms with Gasteiger partial charge in [0.25, 0.3) is 0 Å². The normalized spacial score (nSPS) is 14.9. The molecule has 4 nitrogen and oxygen atoms in total. The van der Waals surface area contributed by atoms with E-state index in [4.69, 9.17) is 9.79 Å². The number of hydrogen-bond donors (Lipinski definition) is 2. The number of rotatable bonds is 2. The van der Waals surface area contributed by atoms with Gasteiger partial charge in [0.1, 0.15) is 5.76 Å². The van der Waals surface area contributed by atoms with Crippen LogP contribution in [0.5, 0.6) is 0 Å². The van der Waals surface area contributed by atoms with Crippen LogP contribution in [-0.4, -0.2) is 9.79 Å². The molecular formula is C9H9O4P. The smallest absolute Gasteiger partial charge is 0.404 e. The number of fused-ring (bicyclic) bond motifs is 1. The predicted molar refractivity (Wildman–Crippen MR) is 51.3 cm³/mol. The summed E-state index contributed by atoms with van der Waals surface area (Å²) >= 11 is 0. The molecule has 0 aromatic heterocycles. The third-order valence-corrected chi connectivity index (χ3v) is 2.44. The maximum atomic E-state index is 10.6. The van der Waals surface area contributed by atoms with Gasteiger partial charge in [0, 0.05) is 5.56 Å². The third kappa shape index (κ3) is 1.87. The zero-order valence-corrected chi connectivity index (χ0v) is 8.15. The van der Waals surface area contributed by atoms with Crippen molar-refractivity contribution in [2.75, 3.05) is 0 Å². The first-order chi connectivity index (χ1) is 6.56. The van der Waals surface area contributed by atoms with Crippen molar-refractivity contribution in [1.82, 2.24) is 0 Å². The molecule has 0 fully saturated rings. The van der Waals surface area contributed by atoms with Crippen molar-refractivity contribution in [1.29, 1.82) is 0 Å². The Morgan fingerprint density at radius 1 is 1.29 bits per heavy atom. The fourth-order valence-corrected chi connectivity index (χ4v) is 1.89. The summed E-state index contributed by atoms with van der Waals surface area (Å²) in [7, 11) is -4.44. The van der Waals surface area contributed by atoms with E-state index in [0.717, 1.165) is 11.1 Å². The molecule has 0 atom stereocenters. The number of benzene rings is 1. The second kappa shape index (κ2) is 3.24. The number of allylic oxidation sites excluding steroid dienone is 1. The highest BCUT2D eigenvalue weighted by molar-refractivity contribution is 7.46. The molecular weight excluding hydrogens is 203 g/mol. The zero-order chi connectivity index (χ0) is 10.2. The molecule has 2 N–H and O–H groups in total. The standard InChI is InChI=1S/C9H9O4P/c10-14(11,12)13-9-6-5-7-3-1-2-4-8(7)9/h1-4,6H,5H2,(H2,10,11,12). The Labute approximate surface area is 81.1 Å². The fraction of sp³-hybridized carbons (Fsp3) is 0.111. The largest absolute Gasteiger partial charge is 0.524 e. The number of phosphoric acid groups is 1. The van der Waals surface area contributed by atoms with E-state index in [1.807, 2.05) is 12.1 Å². The summed E-state index contributed by atoms with van der Waals surface area (Å²) in [5, 5.41) is 0. The molecule has 1 aliphatic rings. The molecule has 0 heterocycles. The Balaban J connectivity index is 2.30. The number of phosphoric ester groups is 1. The molecule has 1 aromatic rings. The average Bonchev–Trinajstić information content (AvgIpc) is 2.47. The molecule has 14 heavy (non-hydrogen) atoms. The van der Waals surface area contributed by atoms with Crippen LogP contribution in [0.2, 0.25) is 0 Å². The van der Waals surface area contributed by atoms with Crippen molar-refractivity contribution >= 4 is 13.6 Å². The molecule has 0 saturated carbocycles. The first-order valence-corrected chi connectivity index (χ1v) is 5.63. The van der Waals surface area contributed by atoms with Crippen LogP contribution in [0.4, 0.5) is 0 Å². The van der Waals surface area contributed by atoms with Crippen LogP contribution >= 0.6 is 7.82 Å². The molecule has 5 heteroatoms. The second-order valence-corrected chi connectivity index (χ2v) is 4.18. The number of hydrogen-bond acceptors (Lipinski definition) is 2. The second-order valence-electron chi connectivity index (χ2n) is 3.01. The highest BCUT2D eigenvalue weighted by Gasteiger charge is 2.22. The quantitative estimate of drug-likeness (QED) is 0.732. The molecule has 0 unspecified atom stereocenters. The lowest BCUT2D eigenvalue weighted by Gasteiger charge is -2.08. The van der Waals surface area contributed by atoms with Gasteiger partial charge in [0.2, 0.25) is 0 Å². The minimum absolute atomic E-state index is 0.272. The van der Waals surface area contributed by atoms with Crippen LogP contribution in [0.25, 0.3) is 5.76 Å². The molecule has 74 valence electrons. The van der Waals surface area contributed by atoms with Gasteiger partial charge < -0.3 is 4.52 Å². The van der Waals surface area contributed by atoms with E-state index in [0.29, 0.717) is 6.42 Å². The van der Waals surface area contributed by atoms with Gasteiger partial charge in [-0.05, 0) is 18.1 Å². The van der Waals surface area contributed by atoms with E-state index in [1.165, 1.54) is 0 Å². The Kier molecular flexibility index (Phi) is 2.19. The first-order valence-electron chi connectivity index (χ1n) is 4.10. The molecule has 0 bridgehead atoms. The lowest BCUT2D eigenvalue weighted by molar-refractivity contribution is 0.269. The van der Waals surface area contributed by atoms with Crippen LogP contribution < -0.4 is 0 Å². The summed E-state index contributed by atoms with van der Waals surface area (Å²) in [6.45, 7) is 0. The van der Waals surface area contributed by atoms with Crippen molar-refractivity contribution in [3.05, 3.63) is 41.5 Å². The lowest BCUT2D eigenvalue weighted by atomic mass is 10.1. The highest BCUT2D eigenvalue weighted by Crippen LogP contribution is 2.44. The van der Waals surface area contributed by atoms with Gasteiger partial charge >= 0.3 is 7.82 Å². The lowest BCUT2D eigenvalue weighted by Crippen LogP contribution is -1.88. The van der Waals surface area contributed by atoms with Gasteiger partial charge in [0.05, 0.1) is 0 Å². The van der Waals surface area contributed by atoms with E-state index in [-0.39, 0.29) is 5.76 Å². The summed E-state index contributed by atoms with van der Waals surface area (Å²) in [6.07, 6.45) is 2.33. The Morgan fingerprint density at radius 2 is 2.00 bits per heavy atom. The summed E-state index contributed by atoms with van der Waals surface area (Å²) in [6, 6.07) is 7.37. The molecule has 0 aliphatic heterocycles. The van der Waals surface area contributed by atoms with E-state index >= 15 is 0 Å². The monoisotopic (exact) mass is 212 g/mol. The first kappa shape index (κ1) is 9.46. The third-order valence-electron chi connectivity index (χ3n) is 2.01.